The van der Waals surface area contributed by atoms with E-state index in [1.807, 2.05) is 0 Å². The Bertz CT molecular complexity index is 1020. The molecule has 1 amide bonds. The molecular weight excluding hydrogens is 534 g/mol. The van der Waals surface area contributed by atoms with Crippen LogP contribution in [-0.2, 0) is 10.9 Å². The van der Waals surface area contributed by atoms with Gasteiger partial charge in [0, 0.05) is 50.7 Å². The van der Waals surface area contributed by atoms with E-state index in [0.717, 1.165) is 20.3 Å². The molecule has 0 unspecified atom stereocenters. The van der Waals surface area contributed by atoms with Crippen LogP contribution in [-0.4, -0.2) is 65.3 Å². The van der Waals surface area contributed by atoms with Crippen molar-refractivity contribution in [3.63, 3.8) is 0 Å². The SMILES string of the molecule is C1CCOCC1.CO.Cc1c(Nc2ccc(Cl)c(Cl)c2)nc(C(F)(F)F)nc1C(=O)N1CCC(N)CC1. The highest BCUT2D eigenvalue weighted by Crippen LogP contribution is 2.32. The van der Waals surface area contributed by atoms with Crippen molar-refractivity contribution in [3.8, 4) is 0 Å². The summed E-state index contributed by atoms with van der Waals surface area (Å²) in [4.78, 5) is 21.4. The van der Waals surface area contributed by atoms with Gasteiger partial charge in [0.05, 0.1) is 10.0 Å². The highest BCUT2D eigenvalue weighted by Gasteiger charge is 2.37. The summed E-state index contributed by atoms with van der Waals surface area (Å²) in [5.41, 5.74) is 6.11. The van der Waals surface area contributed by atoms with Gasteiger partial charge >= 0.3 is 6.18 Å². The summed E-state index contributed by atoms with van der Waals surface area (Å²) in [5.74, 6) is -2.12. The van der Waals surface area contributed by atoms with Crippen LogP contribution < -0.4 is 11.1 Å². The van der Waals surface area contributed by atoms with Gasteiger partial charge in [-0.3, -0.25) is 4.79 Å². The summed E-state index contributed by atoms with van der Waals surface area (Å²) in [6, 6.07) is 4.46. The van der Waals surface area contributed by atoms with Crippen LogP contribution in [0.15, 0.2) is 18.2 Å². The fraction of sp³-hybridized carbons (Fsp3) is 0.542. The monoisotopic (exact) mass is 565 g/mol. The number of nitrogens with zero attached hydrogens (tertiary/aromatic N) is 3. The second-order valence-electron chi connectivity index (χ2n) is 8.42. The van der Waals surface area contributed by atoms with Crippen molar-refractivity contribution in [3.05, 3.63) is 45.3 Å². The first kappa shape index (κ1) is 31.0. The zero-order valence-electron chi connectivity index (χ0n) is 20.7. The fourth-order valence-corrected chi connectivity index (χ4v) is 3.92. The minimum atomic E-state index is -4.82. The molecule has 1 aromatic carbocycles. The molecule has 0 spiro atoms. The maximum Gasteiger partial charge on any atom is 0.451 e. The number of nitrogens with one attached hydrogen (secondary N) is 1. The number of likely N-dealkylation sites (tertiary alicyclic amines) is 1. The van der Waals surface area contributed by atoms with Crippen LogP contribution in [0.2, 0.25) is 10.0 Å². The van der Waals surface area contributed by atoms with Crippen molar-refractivity contribution in [2.45, 2.75) is 51.2 Å². The quantitative estimate of drug-likeness (QED) is 0.467. The molecule has 1 aromatic heterocycles. The Hall–Kier alpha value is -2.18. The zero-order chi connectivity index (χ0) is 27.6. The van der Waals surface area contributed by atoms with E-state index in [0.29, 0.717) is 36.6 Å². The van der Waals surface area contributed by atoms with E-state index in [9.17, 15) is 18.0 Å². The predicted molar refractivity (Wildman–Crippen MR) is 137 cm³/mol. The molecule has 8 nitrogen and oxygen atoms in total. The summed E-state index contributed by atoms with van der Waals surface area (Å²) in [7, 11) is 1.00. The highest BCUT2D eigenvalue weighted by atomic mass is 35.5. The normalized spacial score (nSPS) is 16.2. The van der Waals surface area contributed by atoms with Gasteiger partial charge in [0.2, 0.25) is 5.82 Å². The lowest BCUT2D eigenvalue weighted by Crippen LogP contribution is -2.43. The van der Waals surface area contributed by atoms with Gasteiger partial charge in [-0.1, -0.05) is 23.2 Å². The maximum atomic E-state index is 13.4. The molecule has 0 aliphatic carbocycles. The van der Waals surface area contributed by atoms with Crippen LogP contribution in [0.4, 0.5) is 24.7 Å². The van der Waals surface area contributed by atoms with Crippen LogP contribution in [0.3, 0.4) is 0 Å². The topological polar surface area (TPSA) is 114 Å². The molecule has 3 heterocycles. The number of nitrogens with two attached hydrogens (primary N) is 1. The Labute approximate surface area is 224 Å². The Kier molecular flexibility index (Phi) is 12.3. The zero-order valence-corrected chi connectivity index (χ0v) is 22.3. The van der Waals surface area contributed by atoms with Crippen molar-refractivity contribution >= 4 is 40.6 Å². The van der Waals surface area contributed by atoms with Crippen molar-refractivity contribution in [1.29, 1.82) is 0 Å². The van der Waals surface area contributed by atoms with Crippen LogP contribution in [0.25, 0.3) is 0 Å². The number of aliphatic hydroxyl groups excluding tert-OH is 1. The molecule has 2 fully saturated rings. The Morgan fingerprint density at radius 2 is 1.73 bits per heavy atom. The molecule has 2 saturated heterocycles. The third kappa shape index (κ3) is 9.26. The van der Waals surface area contributed by atoms with E-state index in [-0.39, 0.29) is 28.1 Å². The second kappa shape index (κ2) is 14.7. The molecule has 4 rings (SSSR count). The average Bonchev–Trinajstić information content (AvgIpc) is 2.89. The summed E-state index contributed by atoms with van der Waals surface area (Å²) in [5, 5.41) is 10.3. The Morgan fingerprint density at radius 1 is 1.11 bits per heavy atom. The number of benzene rings is 1. The molecular formula is C24H32Cl2F3N5O3. The highest BCUT2D eigenvalue weighted by molar-refractivity contribution is 6.42. The largest absolute Gasteiger partial charge is 0.451 e. The van der Waals surface area contributed by atoms with Crippen molar-refractivity contribution < 1.29 is 27.8 Å². The first-order chi connectivity index (χ1) is 17.6. The van der Waals surface area contributed by atoms with Gasteiger partial charge in [0.1, 0.15) is 11.5 Å². The van der Waals surface area contributed by atoms with E-state index in [1.54, 1.807) is 0 Å². The van der Waals surface area contributed by atoms with Gasteiger partial charge in [-0.05, 0) is 57.2 Å². The summed E-state index contributed by atoms with van der Waals surface area (Å²) in [6.45, 7) is 4.21. The molecule has 0 radical (unpaired) electrons. The lowest BCUT2D eigenvalue weighted by molar-refractivity contribution is -0.144. The third-order valence-corrected chi connectivity index (χ3v) is 6.43. The van der Waals surface area contributed by atoms with Gasteiger partial charge in [-0.15, -0.1) is 0 Å². The molecule has 13 heteroatoms. The van der Waals surface area contributed by atoms with E-state index < -0.39 is 17.9 Å². The first-order valence-corrected chi connectivity index (χ1v) is 12.6. The molecule has 0 bridgehead atoms. The number of piperidine rings is 1. The number of carbonyl (C=O) groups excluding carboxylic acids is 1. The standard InChI is InChI=1S/C18H18Cl2F3N5O.C5H10O.CH4O/c1-9-14(16(29)28-6-4-10(24)5-7-28)26-17(18(21,22)23)27-15(9)25-11-2-3-12(19)13(20)8-11;1-2-4-6-5-3-1;1-2/h2-3,8,10H,4-7,24H2,1H3,(H,25,26,27);1-5H2;2H,1H3. The minimum absolute atomic E-state index is 0.0248. The van der Waals surface area contributed by atoms with E-state index in [4.69, 9.17) is 38.8 Å². The van der Waals surface area contributed by atoms with Crippen molar-refractivity contribution in [1.82, 2.24) is 14.9 Å². The lowest BCUT2D eigenvalue weighted by Gasteiger charge is -2.30. The average molecular weight is 566 g/mol. The molecule has 4 N–H and O–H groups in total. The van der Waals surface area contributed by atoms with E-state index in [1.165, 1.54) is 49.3 Å². The van der Waals surface area contributed by atoms with E-state index >= 15 is 0 Å². The smallest absolute Gasteiger partial charge is 0.400 e. The number of hydrogen-bond donors (Lipinski definition) is 3. The number of aromatic nitrogens is 2. The summed E-state index contributed by atoms with van der Waals surface area (Å²) in [6.07, 6.45) is 0.272. The molecule has 2 aliphatic heterocycles. The van der Waals surface area contributed by atoms with Crippen molar-refractivity contribution in [2.75, 3.05) is 38.7 Å². The number of rotatable bonds is 3. The number of anilines is 2. The molecule has 0 atom stereocenters. The van der Waals surface area contributed by atoms with Crippen LogP contribution in [0, 0.1) is 6.92 Å². The number of alkyl halides is 3. The molecule has 0 saturated carbocycles. The fourth-order valence-electron chi connectivity index (χ4n) is 3.62. The second-order valence-corrected chi connectivity index (χ2v) is 9.24. The first-order valence-electron chi connectivity index (χ1n) is 11.8. The molecule has 206 valence electrons. The van der Waals surface area contributed by atoms with Crippen molar-refractivity contribution in [2.24, 2.45) is 5.73 Å². The number of aliphatic hydroxyl groups is 1. The summed E-state index contributed by atoms with van der Waals surface area (Å²) >= 11 is 11.8. The predicted octanol–water partition coefficient (Wildman–Crippen LogP) is 5.21. The third-order valence-electron chi connectivity index (χ3n) is 5.69. The summed E-state index contributed by atoms with van der Waals surface area (Å²) < 4.78 is 45.1. The molecule has 37 heavy (non-hydrogen) atoms. The van der Waals surface area contributed by atoms with Gasteiger partial charge in [-0.2, -0.15) is 13.2 Å². The number of hydrogen-bond acceptors (Lipinski definition) is 7. The van der Waals surface area contributed by atoms with E-state index in [2.05, 4.69) is 15.3 Å². The van der Waals surface area contributed by atoms with Crippen LogP contribution >= 0.6 is 23.2 Å². The minimum Gasteiger partial charge on any atom is -0.400 e. The number of amides is 1. The number of carbonyl (C=O) groups is 1. The maximum absolute atomic E-state index is 13.4. The van der Waals surface area contributed by atoms with Gasteiger partial charge in [0.25, 0.3) is 5.91 Å². The molecule has 2 aromatic rings. The number of ether oxygens (including phenoxy) is 1. The number of halogens is 5. The van der Waals surface area contributed by atoms with Crippen LogP contribution in [0.5, 0.6) is 0 Å². The Morgan fingerprint density at radius 3 is 2.22 bits per heavy atom. The lowest BCUT2D eigenvalue weighted by atomic mass is 10.1. The van der Waals surface area contributed by atoms with Crippen LogP contribution in [0.1, 0.15) is 54.0 Å². The molecule has 2 aliphatic rings. The Balaban J connectivity index is 0.000000519. The van der Waals surface area contributed by atoms with Gasteiger partial charge in [0.15, 0.2) is 0 Å². The van der Waals surface area contributed by atoms with Gasteiger partial charge < -0.3 is 25.8 Å². The van der Waals surface area contributed by atoms with Gasteiger partial charge in [-0.25, -0.2) is 9.97 Å².